The van der Waals surface area contributed by atoms with Crippen LogP contribution in [-0.4, -0.2) is 51.2 Å². The Labute approximate surface area is 177 Å². The van der Waals surface area contributed by atoms with Crippen molar-refractivity contribution >= 4 is 23.6 Å². The maximum Gasteiger partial charge on any atom is 0.318 e. The lowest BCUT2D eigenvalue weighted by Gasteiger charge is -2.39. The summed E-state index contributed by atoms with van der Waals surface area (Å²) in [6.45, 7) is 1.23. The molecule has 1 saturated heterocycles. The molecule has 0 bridgehead atoms. The zero-order valence-corrected chi connectivity index (χ0v) is 17.0. The molecule has 2 heterocycles. The summed E-state index contributed by atoms with van der Waals surface area (Å²) in [4.78, 5) is 35.0. The Hall–Kier alpha value is -2.81. The first-order valence-electron chi connectivity index (χ1n) is 9.96. The van der Waals surface area contributed by atoms with Gasteiger partial charge >= 0.3 is 6.03 Å². The van der Waals surface area contributed by atoms with Crippen LogP contribution in [0, 0.1) is 5.82 Å². The van der Waals surface area contributed by atoms with E-state index in [1.165, 1.54) is 6.07 Å². The summed E-state index contributed by atoms with van der Waals surface area (Å²) in [5, 5.41) is 12.8. The third kappa shape index (κ3) is 4.67. The number of carbonyl (C=O) groups is 1. The van der Waals surface area contributed by atoms with E-state index in [-0.39, 0.29) is 30.5 Å². The van der Waals surface area contributed by atoms with Gasteiger partial charge in [0.25, 0.3) is 5.56 Å². The molecule has 10 heteroatoms. The third-order valence-electron chi connectivity index (χ3n) is 5.43. The summed E-state index contributed by atoms with van der Waals surface area (Å²) >= 11 is 5.78. The van der Waals surface area contributed by atoms with Gasteiger partial charge in [0.1, 0.15) is 5.82 Å². The minimum absolute atomic E-state index is 0.0723. The van der Waals surface area contributed by atoms with E-state index >= 15 is 0 Å². The van der Waals surface area contributed by atoms with E-state index in [4.69, 9.17) is 11.6 Å². The molecule has 1 atom stereocenters. The lowest BCUT2D eigenvalue weighted by atomic mass is 10.0. The van der Waals surface area contributed by atoms with E-state index in [1.54, 1.807) is 12.1 Å². The zero-order chi connectivity index (χ0) is 21.3. The van der Waals surface area contributed by atoms with Gasteiger partial charge in [0.05, 0.1) is 12.1 Å². The molecule has 2 amide bonds. The number of urea groups is 1. The van der Waals surface area contributed by atoms with E-state index in [9.17, 15) is 19.1 Å². The summed E-state index contributed by atoms with van der Waals surface area (Å²) in [6, 6.07) is 5.23. The number of nitrogens with zero attached hydrogens (tertiary/aromatic N) is 3. The van der Waals surface area contributed by atoms with Crippen LogP contribution in [0.4, 0.5) is 15.1 Å². The van der Waals surface area contributed by atoms with Crippen LogP contribution >= 0.6 is 11.6 Å². The number of hydrogen-bond donors (Lipinski definition) is 3. The van der Waals surface area contributed by atoms with Crippen LogP contribution in [0.1, 0.15) is 31.2 Å². The Morgan fingerprint density at radius 2 is 2.13 bits per heavy atom. The average Bonchev–Trinajstić information content (AvgIpc) is 3.52. The molecular formula is C20H23ClFN5O3. The molecule has 4 rings (SSSR count). The number of aromatic hydroxyl groups is 1. The molecule has 2 fully saturated rings. The van der Waals surface area contributed by atoms with Gasteiger partial charge in [-0.3, -0.25) is 9.78 Å². The number of H-pyrrole nitrogens is 1. The van der Waals surface area contributed by atoms with E-state index < -0.39 is 11.4 Å². The first kappa shape index (κ1) is 20.5. The quantitative estimate of drug-likeness (QED) is 0.670. The molecule has 1 aromatic carbocycles. The molecule has 0 unspecified atom stereocenters. The number of benzene rings is 1. The Kier molecular flexibility index (Phi) is 5.80. The van der Waals surface area contributed by atoms with E-state index in [1.807, 2.05) is 9.80 Å². The Morgan fingerprint density at radius 1 is 1.33 bits per heavy atom. The van der Waals surface area contributed by atoms with Crippen molar-refractivity contribution < 1.29 is 14.3 Å². The number of carbonyl (C=O) groups excluding carboxylic acids is 1. The lowest BCUT2D eigenvalue weighted by Crippen LogP contribution is -2.54. The molecule has 1 aromatic heterocycles. The number of rotatable bonds is 5. The number of aromatic nitrogens is 2. The Bertz CT molecular complexity index is 997. The number of piperidine rings is 1. The Morgan fingerprint density at radius 3 is 2.83 bits per heavy atom. The fourth-order valence-corrected chi connectivity index (χ4v) is 4.02. The summed E-state index contributed by atoms with van der Waals surface area (Å²) in [7, 11) is 0. The van der Waals surface area contributed by atoms with Gasteiger partial charge in [0.2, 0.25) is 11.8 Å². The highest BCUT2D eigenvalue weighted by molar-refractivity contribution is 6.30. The molecule has 8 nitrogen and oxygen atoms in total. The maximum atomic E-state index is 14.0. The van der Waals surface area contributed by atoms with Gasteiger partial charge in [-0.05, 0) is 37.8 Å². The van der Waals surface area contributed by atoms with E-state index in [2.05, 4.69) is 15.3 Å². The van der Waals surface area contributed by atoms with Gasteiger partial charge < -0.3 is 20.2 Å². The number of halogens is 2. The fraction of sp³-hybridized carbons (Fsp3) is 0.450. The molecule has 1 aliphatic heterocycles. The van der Waals surface area contributed by atoms with E-state index in [0.717, 1.165) is 31.7 Å². The van der Waals surface area contributed by atoms with Crippen molar-refractivity contribution in [2.45, 2.75) is 44.3 Å². The highest BCUT2D eigenvalue weighted by Crippen LogP contribution is 2.32. The molecule has 2 aromatic rings. The van der Waals surface area contributed by atoms with Crippen molar-refractivity contribution in [3.05, 3.63) is 51.0 Å². The fourth-order valence-electron chi connectivity index (χ4n) is 3.87. The van der Waals surface area contributed by atoms with Crippen LogP contribution in [0.5, 0.6) is 5.88 Å². The van der Waals surface area contributed by atoms with Crippen LogP contribution in [0.2, 0.25) is 5.02 Å². The van der Waals surface area contributed by atoms with Crippen molar-refractivity contribution in [1.82, 2.24) is 20.2 Å². The topological polar surface area (TPSA) is 102 Å². The monoisotopic (exact) mass is 435 g/mol. The molecule has 3 N–H and O–H groups in total. The average molecular weight is 436 g/mol. The molecular weight excluding hydrogens is 413 g/mol. The minimum atomic E-state index is -0.455. The van der Waals surface area contributed by atoms with Crippen LogP contribution in [0.25, 0.3) is 0 Å². The molecule has 160 valence electrons. The molecule has 2 aliphatic rings. The summed E-state index contributed by atoms with van der Waals surface area (Å²) in [6.07, 6.45) is 3.49. The van der Waals surface area contributed by atoms with Crippen molar-refractivity contribution in [3.8, 4) is 5.88 Å². The first-order chi connectivity index (χ1) is 14.4. The highest BCUT2D eigenvalue weighted by atomic mass is 35.5. The first-order valence-corrected chi connectivity index (χ1v) is 10.3. The van der Waals surface area contributed by atoms with Gasteiger partial charge in [-0.2, -0.15) is 4.98 Å². The summed E-state index contributed by atoms with van der Waals surface area (Å²) < 4.78 is 14.0. The molecule has 0 spiro atoms. The SMILES string of the molecule is O=C(NCc1ccc(Cl)cc1F)N(C1CC1)[C@@H]1CCCN(c2nc(O)cc(=O)[nH]2)C1. The normalized spacial score (nSPS) is 18.9. The van der Waals surface area contributed by atoms with Crippen LogP contribution in [0.3, 0.4) is 0 Å². The number of aromatic amines is 1. The standard InChI is InChI=1S/C20H23ClFN5O3/c21-13-4-3-12(16(22)8-13)10-23-20(30)27(14-5-6-14)15-2-1-7-26(11-15)19-24-17(28)9-18(29)25-19/h3-4,8-9,14-15H,1-2,5-7,10-11H2,(H,23,30)(H2,24,25,28,29)/t15-/m1/s1. The molecule has 30 heavy (non-hydrogen) atoms. The maximum absolute atomic E-state index is 14.0. The highest BCUT2D eigenvalue weighted by Gasteiger charge is 2.39. The Balaban J connectivity index is 1.45. The zero-order valence-electron chi connectivity index (χ0n) is 16.3. The van der Waals surface area contributed by atoms with Crippen molar-refractivity contribution in [2.75, 3.05) is 18.0 Å². The van der Waals surface area contributed by atoms with Gasteiger partial charge in [-0.25, -0.2) is 9.18 Å². The molecule has 0 radical (unpaired) electrons. The number of nitrogens with one attached hydrogen (secondary N) is 2. The predicted octanol–water partition coefficient (Wildman–Crippen LogP) is 2.61. The minimum Gasteiger partial charge on any atom is -0.493 e. The summed E-state index contributed by atoms with van der Waals surface area (Å²) in [5.74, 6) is -0.495. The van der Waals surface area contributed by atoms with Gasteiger partial charge in [-0.1, -0.05) is 17.7 Å². The third-order valence-corrected chi connectivity index (χ3v) is 5.66. The van der Waals surface area contributed by atoms with E-state index in [0.29, 0.717) is 29.6 Å². The van der Waals surface area contributed by atoms with Crippen LogP contribution < -0.4 is 15.8 Å². The van der Waals surface area contributed by atoms with Crippen LogP contribution in [-0.2, 0) is 6.54 Å². The second-order valence-corrected chi connectivity index (χ2v) is 8.14. The van der Waals surface area contributed by atoms with Crippen LogP contribution in [0.15, 0.2) is 29.1 Å². The smallest absolute Gasteiger partial charge is 0.318 e. The lowest BCUT2D eigenvalue weighted by molar-refractivity contribution is 0.160. The predicted molar refractivity (Wildman–Crippen MR) is 110 cm³/mol. The second kappa shape index (κ2) is 8.51. The molecule has 1 aliphatic carbocycles. The largest absolute Gasteiger partial charge is 0.493 e. The number of anilines is 1. The van der Waals surface area contributed by atoms with Crippen molar-refractivity contribution in [2.24, 2.45) is 0 Å². The van der Waals surface area contributed by atoms with Gasteiger partial charge in [0, 0.05) is 36.3 Å². The van der Waals surface area contributed by atoms with Crippen molar-refractivity contribution in [3.63, 3.8) is 0 Å². The number of hydrogen-bond acceptors (Lipinski definition) is 5. The van der Waals surface area contributed by atoms with Crippen molar-refractivity contribution in [1.29, 1.82) is 0 Å². The summed E-state index contributed by atoms with van der Waals surface area (Å²) in [5.41, 5.74) is -0.0586. The van der Waals surface area contributed by atoms with Gasteiger partial charge in [-0.15, -0.1) is 0 Å². The molecule has 1 saturated carbocycles. The second-order valence-electron chi connectivity index (χ2n) is 7.70. The number of amides is 2. The van der Waals surface area contributed by atoms with Gasteiger partial charge in [0.15, 0.2) is 0 Å².